The number of hydrogen-bond acceptors (Lipinski definition) is 5. The van der Waals surface area contributed by atoms with E-state index in [0.29, 0.717) is 18.7 Å². The van der Waals surface area contributed by atoms with Crippen LogP contribution in [0, 0.1) is 5.92 Å². The van der Waals surface area contributed by atoms with Crippen molar-refractivity contribution < 1.29 is 18.3 Å². The highest BCUT2D eigenvalue weighted by atomic mass is 32.2. The molecule has 0 amide bonds. The van der Waals surface area contributed by atoms with Crippen LogP contribution < -0.4 is 10.5 Å². The van der Waals surface area contributed by atoms with Gasteiger partial charge in [-0.15, -0.1) is 0 Å². The first-order valence-electron chi connectivity index (χ1n) is 9.35. The van der Waals surface area contributed by atoms with Gasteiger partial charge in [-0.3, -0.25) is 0 Å². The van der Waals surface area contributed by atoms with E-state index in [1.165, 1.54) is 23.5 Å². The summed E-state index contributed by atoms with van der Waals surface area (Å²) in [4.78, 5) is 0.165. The van der Waals surface area contributed by atoms with Crippen LogP contribution in [0.5, 0.6) is 5.75 Å². The fraction of sp³-hybridized carbons (Fsp3) is 0.429. The zero-order valence-corrected chi connectivity index (χ0v) is 17.5. The standard InChI is InChI=1S/C21H30N2O4S/c1-16(2)14-23(28(25,26)19-11-9-18(27-3)10-12-19)15-21(24)20(22)13-17-7-5-4-6-8-17/h4-12,16,20-21,24H,13-15,22H2,1-3H3. The number of nitrogens with two attached hydrogens (primary N) is 1. The van der Waals surface area contributed by atoms with E-state index in [0.717, 1.165) is 5.56 Å². The molecule has 0 fully saturated rings. The summed E-state index contributed by atoms with van der Waals surface area (Å²) in [6, 6.07) is 15.3. The summed E-state index contributed by atoms with van der Waals surface area (Å²) in [6.07, 6.45) is -0.507. The van der Waals surface area contributed by atoms with E-state index in [1.54, 1.807) is 12.1 Å². The summed E-state index contributed by atoms with van der Waals surface area (Å²) < 4.78 is 32.6. The number of sulfonamides is 1. The molecule has 2 rings (SSSR count). The van der Waals surface area contributed by atoms with E-state index in [2.05, 4.69) is 0 Å². The lowest BCUT2D eigenvalue weighted by atomic mass is 10.0. The molecule has 0 saturated carbocycles. The lowest BCUT2D eigenvalue weighted by Gasteiger charge is -2.28. The van der Waals surface area contributed by atoms with Gasteiger partial charge in [-0.25, -0.2) is 8.42 Å². The van der Waals surface area contributed by atoms with Crippen molar-refractivity contribution in [3.63, 3.8) is 0 Å². The summed E-state index contributed by atoms with van der Waals surface area (Å²) in [6.45, 7) is 4.11. The van der Waals surface area contributed by atoms with Crippen molar-refractivity contribution in [1.29, 1.82) is 0 Å². The average Bonchev–Trinajstić information content (AvgIpc) is 2.67. The largest absolute Gasteiger partial charge is 0.497 e. The molecule has 0 aliphatic rings. The van der Waals surface area contributed by atoms with Crippen LogP contribution in [-0.2, 0) is 16.4 Å². The summed E-state index contributed by atoms with van der Waals surface area (Å²) in [5.74, 6) is 0.685. The molecule has 2 unspecified atom stereocenters. The van der Waals surface area contributed by atoms with Crippen molar-refractivity contribution in [2.45, 2.75) is 37.3 Å². The number of rotatable bonds is 10. The van der Waals surface area contributed by atoms with Crippen LogP contribution in [0.15, 0.2) is 59.5 Å². The van der Waals surface area contributed by atoms with Crippen molar-refractivity contribution in [3.8, 4) is 5.75 Å². The molecule has 6 nitrogen and oxygen atoms in total. The summed E-state index contributed by atoms with van der Waals surface area (Å²) in [7, 11) is -2.23. The third-order valence-electron chi connectivity index (χ3n) is 4.47. The normalized spacial score (nSPS) is 14.2. The minimum Gasteiger partial charge on any atom is -0.497 e. The lowest BCUT2D eigenvalue weighted by Crippen LogP contribution is -2.47. The summed E-state index contributed by atoms with van der Waals surface area (Å²) >= 11 is 0. The van der Waals surface area contributed by atoms with Gasteiger partial charge in [0, 0.05) is 19.1 Å². The number of ether oxygens (including phenoxy) is 1. The second kappa shape index (κ2) is 10.0. The van der Waals surface area contributed by atoms with Gasteiger partial charge in [0.2, 0.25) is 10.0 Å². The predicted octanol–water partition coefficient (Wildman–Crippen LogP) is 2.27. The van der Waals surface area contributed by atoms with Crippen LogP contribution in [0.3, 0.4) is 0 Å². The number of methoxy groups -OCH3 is 1. The summed E-state index contributed by atoms with van der Waals surface area (Å²) in [5, 5.41) is 10.6. The maximum absolute atomic E-state index is 13.1. The first-order chi connectivity index (χ1) is 13.2. The average molecular weight is 407 g/mol. The van der Waals surface area contributed by atoms with E-state index in [1.807, 2.05) is 44.2 Å². The zero-order valence-electron chi connectivity index (χ0n) is 16.7. The number of hydrogen-bond donors (Lipinski definition) is 2. The van der Waals surface area contributed by atoms with Crippen LogP contribution >= 0.6 is 0 Å². The van der Waals surface area contributed by atoms with Crippen LogP contribution in [0.25, 0.3) is 0 Å². The minimum atomic E-state index is -3.76. The van der Waals surface area contributed by atoms with E-state index in [4.69, 9.17) is 10.5 Å². The van der Waals surface area contributed by atoms with Crippen LogP contribution in [-0.4, -0.2) is 50.2 Å². The molecule has 28 heavy (non-hydrogen) atoms. The van der Waals surface area contributed by atoms with Crippen molar-refractivity contribution in [2.75, 3.05) is 20.2 Å². The van der Waals surface area contributed by atoms with Crippen molar-refractivity contribution in [1.82, 2.24) is 4.31 Å². The molecule has 0 heterocycles. The third-order valence-corrected chi connectivity index (χ3v) is 6.31. The molecule has 0 bridgehead atoms. The highest BCUT2D eigenvalue weighted by molar-refractivity contribution is 7.89. The first-order valence-corrected chi connectivity index (χ1v) is 10.8. The molecule has 3 N–H and O–H groups in total. The van der Waals surface area contributed by atoms with E-state index < -0.39 is 22.2 Å². The first kappa shape index (κ1) is 22.4. The maximum atomic E-state index is 13.1. The number of aliphatic hydroxyl groups is 1. The Morgan fingerprint density at radius 2 is 1.64 bits per heavy atom. The summed E-state index contributed by atoms with van der Waals surface area (Å²) in [5.41, 5.74) is 7.16. The highest BCUT2D eigenvalue weighted by Crippen LogP contribution is 2.21. The van der Waals surface area contributed by atoms with Gasteiger partial charge in [0.25, 0.3) is 0 Å². The van der Waals surface area contributed by atoms with Crippen LogP contribution in [0.2, 0.25) is 0 Å². The van der Waals surface area contributed by atoms with Crippen molar-refractivity contribution in [2.24, 2.45) is 11.7 Å². The van der Waals surface area contributed by atoms with Crippen LogP contribution in [0.1, 0.15) is 19.4 Å². The van der Waals surface area contributed by atoms with E-state index in [-0.39, 0.29) is 17.4 Å². The van der Waals surface area contributed by atoms with Gasteiger partial charge < -0.3 is 15.6 Å². The van der Waals surface area contributed by atoms with Crippen molar-refractivity contribution >= 4 is 10.0 Å². The molecular formula is C21H30N2O4S. The number of nitrogens with zero attached hydrogens (tertiary/aromatic N) is 1. The fourth-order valence-electron chi connectivity index (χ4n) is 2.94. The number of aliphatic hydroxyl groups excluding tert-OH is 1. The van der Waals surface area contributed by atoms with Gasteiger partial charge in [0.05, 0.1) is 18.1 Å². The van der Waals surface area contributed by atoms with Crippen LogP contribution in [0.4, 0.5) is 0 Å². The quantitative estimate of drug-likeness (QED) is 0.631. The Kier molecular flexibility index (Phi) is 8.00. The highest BCUT2D eigenvalue weighted by Gasteiger charge is 2.29. The fourth-order valence-corrected chi connectivity index (χ4v) is 4.56. The third kappa shape index (κ3) is 6.04. The second-order valence-electron chi connectivity index (χ2n) is 7.31. The van der Waals surface area contributed by atoms with Gasteiger partial charge >= 0.3 is 0 Å². The second-order valence-corrected chi connectivity index (χ2v) is 9.25. The molecule has 7 heteroatoms. The Morgan fingerprint density at radius 3 is 2.18 bits per heavy atom. The molecule has 0 radical (unpaired) electrons. The van der Waals surface area contributed by atoms with Gasteiger partial charge in [0.1, 0.15) is 5.75 Å². The smallest absolute Gasteiger partial charge is 0.243 e. The predicted molar refractivity (Wildman–Crippen MR) is 111 cm³/mol. The molecule has 2 aromatic carbocycles. The Hall–Kier alpha value is -1.93. The molecule has 154 valence electrons. The molecule has 0 aliphatic heterocycles. The maximum Gasteiger partial charge on any atom is 0.243 e. The zero-order chi connectivity index (χ0) is 20.7. The topological polar surface area (TPSA) is 92.9 Å². The van der Waals surface area contributed by atoms with Crippen molar-refractivity contribution in [3.05, 3.63) is 60.2 Å². The minimum absolute atomic E-state index is 0.0550. The Balaban J connectivity index is 2.17. The molecular weight excluding hydrogens is 376 g/mol. The number of benzene rings is 2. The van der Waals surface area contributed by atoms with E-state index in [9.17, 15) is 13.5 Å². The monoisotopic (exact) mass is 406 g/mol. The Bertz CT molecular complexity index is 823. The molecule has 2 atom stereocenters. The molecule has 2 aromatic rings. The molecule has 0 spiro atoms. The Labute approximate surface area is 168 Å². The molecule has 0 saturated heterocycles. The van der Waals surface area contributed by atoms with Gasteiger partial charge in [-0.05, 0) is 42.2 Å². The Morgan fingerprint density at radius 1 is 1.04 bits per heavy atom. The molecule has 0 aliphatic carbocycles. The van der Waals surface area contributed by atoms with Gasteiger partial charge in [0.15, 0.2) is 0 Å². The lowest BCUT2D eigenvalue weighted by molar-refractivity contribution is 0.116. The SMILES string of the molecule is COc1ccc(S(=O)(=O)N(CC(C)C)CC(O)C(N)Cc2ccccc2)cc1. The molecule has 0 aromatic heterocycles. The van der Waals surface area contributed by atoms with Gasteiger partial charge in [-0.1, -0.05) is 44.2 Å². The van der Waals surface area contributed by atoms with E-state index >= 15 is 0 Å². The van der Waals surface area contributed by atoms with Gasteiger partial charge in [-0.2, -0.15) is 4.31 Å².